The number of fused-ring (bicyclic) bond motifs is 3. The standard InChI is InChI=1S/C21H27N5O/c1-15(2)8-9-20(27)24-10-12-25(13-11-24)21-17-6-4-5-7-18(17)26-19(22-21)14-16(3)23-26/h4-7,14-15H,8-13H2,1-3H3. The van der Waals surface area contributed by atoms with Gasteiger partial charge in [-0.05, 0) is 31.4 Å². The van der Waals surface area contributed by atoms with Crippen molar-refractivity contribution >= 4 is 28.3 Å². The van der Waals surface area contributed by atoms with Gasteiger partial charge in [0.05, 0.1) is 11.2 Å². The molecule has 0 atom stereocenters. The first-order chi connectivity index (χ1) is 13.0. The number of aryl methyl sites for hydroxylation is 1. The first-order valence-corrected chi connectivity index (χ1v) is 9.81. The van der Waals surface area contributed by atoms with Gasteiger partial charge in [-0.25, -0.2) is 9.50 Å². The summed E-state index contributed by atoms with van der Waals surface area (Å²) in [5.74, 6) is 1.84. The first kappa shape index (κ1) is 17.8. The highest BCUT2D eigenvalue weighted by Gasteiger charge is 2.23. The maximum atomic E-state index is 12.4. The van der Waals surface area contributed by atoms with E-state index in [4.69, 9.17) is 4.98 Å². The highest BCUT2D eigenvalue weighted by molar-refractivity contribution is 5.92. The number of carbonyl (C=O) groups excluding carboxylic acids is 1. The van der Waals surface area contributed by atoms with Crippen LogP contribution in [0.5, 0.6) is 0 Å². The van der Waals surface area contributed by atoms with Crippen LogP contribution >= 0.6 is 0 Å². The highest BCUT2D eigenvalue weighted by Crippen LogP contribution is 2.27. The number of piperazine rings is 1. The van der Waals surface area contributed by atoms with E-state index >= 15 is 0 Å². The SMILES string of the molecule is Cc1cc2nc(N3CCN(C(=O)CCC(C)C)CC3)c3ccccc3n2n1. The van der Waals surface area contributed by atoms with Crippen molar-refractivity contribution in [2.45, 2.75) is 33.6 Å². The Bertz CT molecular complexity index is 969. The molecule has 3 aromatic rings. The average Bonchev–Trinajstić information content (AvgIpc) is 3.06. The van der Waals surface area contributed by atoms with Crippen molar-refractivity contribution in [1.29, 1.82) is 0 Å². The summed E-state index contributed by atoms with van der Waals surface area (Å²) in [6, 6.07) is 10.3. The van der Waals surface area contributed by atoms with E-state index in [1.54, 1.807) is 0 Å². The van der Waals surface area contributed by atoms with Gasteiger partial charge in [0.1, 0.15) is 5.82 Å². The molecule has 1 aliphatic heterocycles. The summed E-state index contributed by atoms with van der Waals surface area (Å²) in [6.45, 7) is 9.46. The van der Waals surface area contributed by atoms with Crippen molar-refractivity contribution in [3.63, 3.8) is 0 Å². The van der Waals surface area contributed by atoms with Crippen LogP contribution < -0.4 is 4.90 Å². The number of aromatic nitrogens is 3. The zero-order chi connectivity index (χ0) is 19.0. The molecule has 1 aromatic carbocycles. The lowest BCUT2D eigenvalue weighted by Crippen LogP contribution is -2.49. The van der Waals surface area contributed by atoms with Crippen LogP contribution in [0.25, 0.3) is 16.6 Å². The molecule has 6 nitrogen and oxygen atoms in total. The lowest BCUT2D eigenvalue weighted by atomic mass is 10.1. The maximum Gasteiger partial charge on any atom is 0.222 e. The molecule has 0 radical (unpaired) electrons. The summed E-state index contributed by atoms with van der Waals surface area (Å²) in [4.78, 5) is 21.6. The number of amides is 1. The minimum absolute atomic E-state index is 0.281. The van der Waals surface area contributed by atoms with E-state index < -0.39 is 0 Å². The molecule has 1 fully saturated rings. The highest BCUT2D eigenvalue weighted by atomic mass is 16.2. The Morgan fingerprint density at radius 3 is 2.63 bits per heavy atom. The van der Waals surface area contributed by atoms with Crippen LogP contribution in [0.15, 0.2) is 30.3 Å². The molecule has 27 heavy (non-hydrogen) atoms. The molecule has 0 bridgehead atoms. The largest absolute Gasteiger partial charge is 0.352 e. The number of hydrogen-bond acceptors (Lipinski definition) is 4. The Morgan fingerprint density at radius 1 is 1.15 bits per heavy atom. The van der Waals surface area contributed by atoms with Gasteiger partial charge in [-0.3, -0.25) is 4.79 Å². The minimum atomic E-state index is 0.281. The molecule has 3 heterocycles. The Hall–Kier alpha value is -2.63. The van der Waals surface area contributed by atoms with Crippen molar-refractivity contribution < 1.29 is 4.79 Å². The minimum Gasteiger partial charge on any atom is -0.352 e. The summed E-state index contributed by atoms with van der Waals surface area (Å²) in [7, 11) is 0. The summed E-state index contributed by atoms with van der Waals surface area (Å²) >= 11 is 0. The molecule has 1 saturated heterocycles. The van der Waals surface area contributed by atoms with E-state index in [1.165, 1.54) is 0 Å². The van der Waals surface area contributed by atoms with E-state index in [9.17, 15) is 4.79 Å². The summed E-state index contributed by atoms with van der Waals surface area (Å²) in [5, 5.41) is 5.68. The maximum absolute atomic E-state index is 12.4. The average molecular weight is 365 g/mol. The molecule has 0 spiro atoms. The normalized spacial score (nSPS) is 15.3. The Balaban J connectivity index is 1.57. The van der Waals surface area contributed by atoms with Gasteiger partial charge in [0, 0.05) is 44.1 Å². The molecule has 1 aliphatic rings. The van der Waals surface area contributed by atoms with Gasteiger partial charge >= 0.3 is 0 Å². The van der Waals surface area contributed by atoms with E-state index in [0.29, 0.717) is 12.3 Å². The van der Waals surface area contributed by atoms with Gasteiger partial charge < -0.3 is 9.80 Å². The zero-order valence-electron chi connectivity index (χ0n) is 16.4. The van der Waals surface area contributed by atoms with Crippen LogP contribution in [0.1, 0.15) is 32.4 Å². The van der Waals surface area contributed by atoms with Gasteiger partial charge in [0.2, 0.25) is 5.91 Å². The lowest BCUT2D eigenvalue weighted by molar-refractivity contribution is -0.131. The zero-order valence-corrected chi connectivity index (χ0v) is 16.4. The summed E-state index contributed by atoms with van der Waals surface area (Å²) in [6.07, 6.45) is 1.61. The molecular weight excluding hydrogens is 338 g/mol. The number of rotatable bonds is 4. The molecule has 6 heteroatoms. The molecule has 0 aliphatic carbocycles. The van der Waals surface area contributed by atoms with Crippen molar-refractivity contribution in [3.8, 4) is 0 Å². The third kappa shape index (κ3) is 3.48. The number of carbonyl (C=O) groups is 1. The second kappa shape index (κ2) is 7.18. The van der Waals surface area contributed by atoms with Crippen LogP contribution in [-0.4, -0.2) is 51.6 Å². The van der Waals surface area contributed by atoms with Gasteiger partial charge in [-0.1, -0.05) is 26.0 Å². The smallest absolute Gasteiger partial charge is 0.222 e. The van der Waals surface area contributed by atoms with Crippen LogP contribution in [0, 0.1) is 12.8 Å². The number of anilines is 1. The molecule has 4 rings (SSSR count). The van der Waals surface area contributed by atoms with Gasteiger partial charge in [-0.15, -0.1) is 0 Å². The summed E-state index contributed by atoms with van der Waals surface area (Å²) in [5.41, 5.74) is 2.91. The molecule has 0 unspecified atom stereocenters. The predicted octanol–water partition coefficient (Wildman–Crippen LogP) is 3.28. The number of para-hydroxylation sites is 1. The fraction of sp³-hybridized carbons (Fsp3) is 0.476. The second-order valence-electron chi connectivity index (χ2n) is 7.81. The molecule has 0 saturated carbocycles. The lowest BCUT2D eigenvalue weighted by Gasteiger charge is -2.36. The summed E-state index contributed by atoms with van der Waals surface area (Å²) < 4.78 is 1.92. The third-order valence-electron chi connectivity index (χ3n) is 5.27. The van der Waals surface area contributed by atoms with Crippen LogP contribution in [-0.2, 0) is 4.79 Å². The molecule has 1 amide bonds. The Morgan fingerprint density at radius 2 is 1.89 bits per heavy atom. The van der Waals surface area contributed by atoms with E-state index in [0.717, 1.165) is 60.7 Å². The van der Waals surface area contributed by atoms with E-state index in [-0.39, 0.29) is 5.91 Å². The van der Waals surface area contributed by atoms with E-state index in [2.05, 4.69) is 36.0 Å². The van der Waals surface area contributed by atoms with Crippen molar-refractivity contribution in [3.05, 3.63) is 36.0 Å². The van der Waals surface area contributed by atoms with Crippen molar-refractivity contribution in [2.75, 3.05) is 31.1 Å². The van der Waals surface area contributed by atoms with Crippen LogP contribution in [0.3, 0.4) is 0 Å². The van der Waals surface area contributed by atoms with Gasteiger partial charge in [-0.2, -0.15) is 5.10 Å². The predicted molar refractivity (Wildman–Crippen MR) is 108 cm³/mol. The quantitative estimate of drug-likeness (QED) is 0.712. The van der Waals surface area contributed by atoms with Gasteiger partial charge in [0.15, 0.2) is 5.65 Å². The topological polar surface area (TPSA) is 53.7 Å². The Kier molecular flexibility index (Phi) is 4.72. The number of benzene rings is 1. The third-order valence-corrected chi connectivity index (χ3v) is 5.27. The van der Waals surface area contributed by atoms with Crippen molar-refractivity contribution in [1.82, 2.24) is 19.5 Å². The second-order valence-corrected chi connectivity index (χ2v) is 7.81. The fourth-order valence-corrected chi connectivity index (χ4v) is 3.74. The van der Waals surface area contributed by atoms with Crippen molar-refractivity contribution in [2.24, 2.45) is 5.92 Å². The number of hydrogen-bond donors (Lipinski definition) is 0. The van der Waals surface area contributed by atoms with Gasteiger partial charge in [0.25, 0.3) is 0 Å². The molecule has 0 N–H and O–H groups in total. The monoisotopic (exact) mass is 365 g/mol. The van der Waals surface area contributed by atoms with Crippen LogP contribution in [0.4, 0.5) is 5.82 Å². The first-order valence-electron chi connectivity index (χ1n) is 9.81. The number of nitrogens with zero attached hydrogens (tertiary/aromatic N) is 5. The van der Waals surface area contributed by atoms with Crippen LogP contribution in [0.2, 0.25) is 0 Å². The van der Waals surface area contributed by atoms with E-state index in [1.807, 2.05) is 34.5 Å². The molecule has 2 aromatic heterocycles. The Labute approximate surface area is 159 Å². The molecule has 142 valence electrons. The fourth-order valence-electron chi connectivity index (χ4n) is 3.74. The molecular formula is C21H27N5O.